The zero-order valence-corrected chi connectivity index (χ0v) is 14.8. The Labute approximate surface area is 159 Å². The summed E-state index contributed by atoms with van der Waals surface area (Å²) in [4.78, 5) is 8.82. The topological polar surface area (TPSA) is 75.6 Å². The van der Waals surface area contributed by atoms with Crippen molar-refractivity contribution in [3.8, 4) is 0 Å². The fraction of sp³-hybridized carbons (Fsp3) is 0. The van der Waals surface area contributed by atoms with Gasteiger partial charge in [-0.15, -0.1) is 5.10 Å². The standard InChI is InChI=1S/C18H12Cl2N6/c19-12-6-7-14(13(20)9-12)23-16-10-22-26-18(25-16)24-15-5-1-3-11-4-2-8-21-17(11)15/h1-10H,(H2,23,24,25,26). The van der Waals surface area contributed by atoms with Crippen molar-refractivity contribution in [3.05, 3.63) is 71.0 Å². The Balaban J connectivity index is 1.61. The Morgan fingerprint density at radius 1 is 0.885 bits per heavy atom. The normalized spacial score (nSPS) is 10.7. The number of hydrogen-bond acceptors (Lipinski definition) is 6. The van der Waals surface area contributed by atoms with Crippen LogP contribution in [0.1, 0.15) is 0 Å². The van der Waals surface area contributed by atoms with Gasteiger partial charge in [0.1, 0.15) is 0 Å². The Kier molecular flexibility index (Phi) is 4.51. The summed E-state index contributed by atoms with van der Waals surface area (Å²) in [5.74, 6) is 0.846. The third-order valence-electron chi connectivity index (χ3n) is 3.63. The van der Waals surface area contributed by atoms with E-state index in [2.05, 4.69) is 30.8 Å². The average Bonchev–Trinajstić information content (AvgIpc) is 2.65. The largest absolute Gasteiger partial charge is 0.338 e. The molecule has 0 saturated heterocycles. The maximum atomic E-state index is 6.18. The van der Waals surface area contributed by atoms with Gasteiger partial charge in [-0.3, -0.25) is 4.98 Å². The molecule has 4 rings (SSSR count). The number of hydrogen-bond donors (Lipinski definition) is 2. The lowest BCUT2D eigenvalue weighted by Gasteiger charge is -2.10. The van der Waals surface area contributed by atoms with Crippen LogP contribution in [-0.4, -0.2) is 20.2 Å². The molecule has 2 aromatic carbocycles. The van der Waals surface area contributed by atoms with Crippen molar-refractivity contribution in [2.75, 3.05) is 10.6 Å². The summed E-state index contributed by atoms with van der Waals surface area (Å²) >= 11 is 12.1. The molecule has 0 aliphatic carbocycles. The zero-order chi connectivity index (χ0) is 17.9. The summed E-state index contributed by atoms with van der Waals surface area (Å²) in [6.07, 6.45) is 3.25. The highest BCUT2D eigenvalue weighted by atomic mass is 35.5. The Hall–Kier alpha value is -2.96. The molecule has 0 unspecified atom stereocenters. The van der Waals surface area contributed by atoms with E-state index in [9.17, 15) is 0 Å². The summed E-state index contributed by atoms with van der Waals surface area (Å²) in [6, 6.07) is 14.9. The van der Waals surface area contributed by atoms with E-state index in [1.165, 1.54) is 6.20 Å². The van der Waals surface area contributed by atoms with Crippen molar-refractivity contribution in [2.24, 2.45) is 0 Å². The van der Waals surface area contributed by atoms with Gasteiger partial charge in [-0.2, -0.15) is 10.1 Å². The summed E-state index contributed by atoms with van der Waals surface area (Å²) in [7, 11) is 0. The predicted octanol–water partition coefficient (Wildman–Crippen LogP) is 5.21. The van der Waals surface area contributed by atoms with E-state index in [4.69, 9.17) is 23.2 Å². The van der Waals surface area contributed by atoms with Crippen LogP contribution in [-0.2, 0) is 0 Å². The number of para-hydroxylation sites is 1. The molecule has 2 N–H and O–H groups in total. The lowest BCUT2D eigenvalue weighted by molar-refractivity contribution is 0.983. The van der Waals surface area contributed by atoms with Gasteiger partial charge < -0.3 is 10.6 Å². The maximum absolute atomic E-state index is 6.18. The van der Waals surface area contributed by atoms with E-state index >= 15 is 0 Å². The molecule has 0 bridgehead atoms. The lowest BCUT2D eigenvalue weighted by Crippen LogP contribution is -2.03. The van der Waals surface area contributed by atoms with Crippen LogP contribution in [0.4, 0.5) is 23.1 Å². The van der Waals surface area contributed by atoms with Crippen molar-refractivity contribution >= 4 is 57.2 Å². The predicted molar refractivity (Wildman–Crippen MR) is 105 cm³/mol. The van der Waals surface area contributed by atoms with Crippen molar-refractivity contribution in [1.82, 2.24) is 20.2 Å². The third kappa shape index (κ3) is 3.51. The minimum Gasteiger partial charge on any atom is -0.338 e. The Bertz CT molecular complexity index is 1080. The first-order valence-electron chi connectivity index (χ1n) is 7.71. The lowest BCUT2D eigenvalue weighted by atomic mass is 10.2. The van der Waals surface area contributed by atoms with Gasteiger partial charge in [0.05, 0.1) is 28.1 Å². The molecule has 2 heterocycles. The Morgan fingerprint density at radius 2 is 1.77 bits per heavy atom. The van der Waals surface area contributed by atoms with Crippen LogP contribution >= 0.6 is 23.2 Å². The highest BCUT2D eigenvalue weighted by molar-refractivity contribution is 6.36. The minimum atomic E-state index is 0.346. The number of fused-ring (bicyclic) bond motifs is 1. The molecule has 0 saturated carbocycles. The van der Waals surface area contributed by atoms with Crippen LogP contribution < -0.4 is 10.6 Å². The van der Waals surface area contributed by atoms with Gasteiger partial charge in [-0.1, -0.05) is 41.4 Å². The molecule has 0 radical (unpaired) electrons. The highest BCUT2D eigenvalue weighted by Gasteiger charge is 2.07. The minimum absolute atomic E-state index is 0.346. The molecule has 6 nitrogen and oxygen atoms in total. The molecule has 2 aromatic heterocycles. The van der Waals surface area contributed by atoms with Gasteiger partial charge in [-0.05, 0) is 30.3 Å². The molecule has 0 amide bonds. The fourth-order valence-electron chi connectivity index (χ4n) is 2.47. The van der Waals surface area contributed by atoms with E-state index in [-0.39, 0.29) is 0 Å². The zero-order valence-electron chi connectivity index (χ0n) is 13.3. The van der Waals surface area contributed by atoms with Crippen molar-refractivity contribution < 1.29 is 0 Å². The number of aromatic nitrogens is 4. The fourth-order valence-corrected chi connectivity index (χ4v) is 2.93. The van der Waals surface area contributed by atoms with Crippen molar-refractivity contribution in [3.63, 3.8) is 0 Å². The van der Waals surface area contributed by atoms with E-state index in [0.717, 1.165) is 16.6 Å². The number of pyridine rings is 1. The molecule has 0 atom stereocenters. The number of halogens is 2. The number of benzene rings is 2. The second-order valence-electron chi connectivity index (χ2n) is 5.42. The molecule has 0 aliphatic rings. The Morgan fingerprint density at radius 3 is 2.65 bits per heavy atom. The quantitative estimate of drug-likeness (QED) is 0.504. The highest BCUT2D eigenvalue weighted by Crippen LogP contribution is 2.28. The second kappa shape index (κ2) is 7.11. The molecule has 0 aliphatic heterocycles. The van der Waals surface area contributed by atoms with Gasteiger partial charge in [0, 0.05) is 16.6 Å². The molecule has 0 spiro atoms. The summed E-state index contributed by atoms with van der Waals surface area (Å²) in [5.41, 5.74) is 2.30. The summed E-state index contributed by atoms with van der Waals surface area (Å²) in [6.45, 7) is 0. The van der Waals surface area contributed by atoms with Crippen LogP contribution in [0.3, 0.4) is 0 Å². The third-order valence-corrected chi connectivity index (χ3v) is 4.18. The molecule has 26 heavy (non-hydrogen) atoms. The van der Waals surface area contributed by atoms with Crippen molar-refractivity contribution in [1.29, 1.82) is 0 Å². The summed E-state index contributed by atoms with van der Waals surface area (Å²) < 4.78 is 0. The van der Waals surface area contributed by atoms with E-state index in [0.29, 0.717) is 27.5 Å². The van der Waals surface area contributed by atoms with Gasteiger partial charge in [0.15, 0.2) is 5.82 Å². The number of nitrogens with zero attached hydrogens (tertiary/aromatic N) is 4. The van der Waals surface area contributed by atoms with Gasteiger partial charge in [0.2, 0.25) is 5.95 Å². The first-order chi connectivity index (χ1) is 12.7. The second-order valence-corrected chi connectivity index (χ2v) is 6.26. The van der Waals surface area contributed by atoms with Crippen LogP contribution in [0.5, 0.6) is 0 Å². The maximum Gasteiger partial charge on any atom is 0.249 e. The molecule has 0 fully saturated rings. The monoisotopic (exact) mass is 382 g/mol. The van der Waals surface area contributed by atoms with Crippen LogP contribution in [0.2, 0.25) is 10.0 Å². The van der Waals surface area contributed by atoms with E-state index < -0.39 is 0 Å². The number of rotatable bonds is 4. The van der Waals surface area contributed by atoms with E-state index in [1.54, 1.807) is 24.4 Å². The molecule has 8 heteroatoms. The molecular formula is C18H12Cl2N6. The van der Waals surface area contributed by atoms with E-state index in [1.807, 2.05) is 30.3 Å². The molecule has 128 valence electrons. The average molecular weight is 383 g/mol. The van der Waals surface area contributed by atoms with Crippen LogP contribution in [0.15, 0.2) is 60.9 Å². The molecule has 4 aromatic rings. The van der Waals surface area contributed by atoms with Gasteiger partial charge >= 0.3 is 0 Å². The van der Waals surface area contributed by atoms with Crippen LogP contribution in [0.25, 0.3) is 10.9 Å². The number of nitrogens with one attached hydrogen (secondary N) is 2. The summed E-state index contributed by atoms with van der Waals surface area (Å²) in [5, 5.41) is 16.3. The van der Waals surface area contributed by atoms with Crippen LogP contribution in [0, 0.1) is 0 Å². The van der Waals surface area contributed by atoms with Gasteiger partial charge in [-0.25, -0.2) is 0 Å². The number of anilines is 4. The SMILES string of the molecule is Clc1ccc(Nc2cnnc(Nc3cccc4cccnc34)n2)c(Cl)c1. The first-order valence-corrected chi connectivity index (χ1v) is 8.47. The first kappa shape index (κ1) is 16.5. The van der Waals surface area contributed by atoms with Gasteiger partial charge in [0.25, 0.3) is 0 Å². The van der Waals surface area contributed by atoms with Crippen molar-refractivity contribution in [2.45, 2.75) is 0 Å². The smallest absolute Gasteiger partial charge is 0.249 e. The molecular weight excluding hydrogens is 371 g/mol.